The molecule has 0 spiro atoms. The number of β-amino-alcohol motifs (C(OH)–C–C–N with tert-alkyl or cyclic N) is 1. The summed E-state index contributed by atoms with van der Waals surface area (Å²) in [7, 11) is 0. The van der Waals surface area contributed by atoms with Crippen molar-refractivity contribution >= 4 is 10.8 Å². The monoisotopic (exact) mass is 313 g/mol. The van der Waals surface area contributed by atoms with Crippen LogP contribution in [0.1, 0.15) is 20.3 Å². The Bertz CT molecular complexity index is 627. The number of aliphatic hydroxyl groups excluding tert-OH is 1. The second kappa shape index (κ2) is 7.33. The van der Waals surface area contributed by atoms with E-state index in [0.717, 1.165) is 29.6 Å². The summed E-state index contributed by atoms with van der Waals surface area (Å²) in [5.74, 6) is 2.28. The van der Waals surface area contributed by atoms with Crippen molar-refractivity contribution in [3.63, 3.8) is 0 Å². The van der Waals surface area contributed by atoms with E-state index in [1.165, 1.54) is 6.42 Å². The minimum atomic E-state index is -0.452. The van der Waals surface area contributed by atoms with Crippen molar-refractivity contribution in [3.05, 3.63) is 42.5 Å². The van der Waals surface area contributed by atoms with Crippen LogP contribution in [-0.2, 0) is 0 Å². The van der Waals surface area contributed by atoms with Crippen molar-refractivity contribution in [2.45, 2.75) is 26.4 Å². The molecule has 1 aliphatic heterocycles. The van der Waals surface area contributed by atoms with E-state index in [-0.39, 0.29) is 0 Å². The van der Waals surface area contributed by atoms with Gasteiger partial charge in [0, 0.05) is 25.0 Å². The fourth-order valence-corrected chi connectivity index (χ4v) is 3.80. The first kappa shape index (κ1) is 16.3. The Balaban J connectivity index is 1.57. The fraction of sp³-hybridized carbons (Fsp3) is 0.500. The summed E-state index contributed by atoms with van der Waals surface area (Å²) in [6.45, 7) is 7.78. The van der Waals surface area contributed by atoms with Crippen molar-refractivity contribution < 1.29 is 9.84 Å². The van der Waals surface area contributed by atoms with E-state index in [2.05, 4.69) is 36.9 Å². The molecule has 0 aliphatic carbocycles. The lowest BCUT2D eigenvalue weighted by Gasteiger charge is -2.35. The van der Waals surface area contributed by atoms with Gasteiger partial charge in [0.1, 0.15) is 18.5 Å². The molecule has 2 aromatic carbocycles. The van der Waals surface area contributed by atoms with Crippen molar-refractivity contribution in [1.82, 2.24) is 4.90 Å². The van der Waals surface area contributed by atoms with E-state index in [9.17, 15) is 5.11 Å². The maximum absolute atomic E-state index is 10.3. The van der Waals surface area contributed by atoms with Crippen LogP contribution >= 0.6 is 0 Å². The summed E-state index contributed by atoms with van der Waals surface area (Å²) in [5, 5.41) is 12.6. The number of fused-ring (bicyclic) bond motifs is 1. The molecule has 2 aromatic rings. The van der Waals surface area contributed by atoms with Crippen LogP contribution in [0.5, 0.6) is 5.75 Å². The first-order chi connectivity index (χ1) is 11.1. The molecule has 3 rings (SSSR count). The largest absolute Gasteiger partial charge is 0.490 e. The van der Waals surface area contributed by atoms with Gasteiger partial charge in [-0.15, -0.1) is 0 Å². The van der Waals surface area contributed by atoms with E-state index in [0.29, 0.717) is 25.0 Å². The lowest BCUT2D eigenvalue weighted by molar-refractivity contribution is 0.0432. The molecule has 124 valence electrons. The predicted molar refractivity (Wildman–Crippen MR) is 94.8 cm³/mol. The van der Waals surface area contributed by atoms with Gasteiger partial charge in [-0.3, -0.25) is 0 Å². The number of benzene rings is 2. The van der Waals surface area contributed by atoms with Crippen LogP contribution in [-0.4, -0.2) is 42.4 Å². The van der Waals surface area contributed by atoms with Crippen molar-refractivity contribution in [2.24, 2.45) is 11.8 Å². The summed E-state index contributed by atoms with van der Waals surface area (Å²) in [4.78, 5) is 2.37. The fourth-order valence-electron chi connectivity index (χ4n) is 3.80. The van der Waals surface area contributed by atoms with Gasteiger partial charge in [0.05, 0.1) is 0 Å². The molecule has 23 heavy (non-hydrogen) atoms. The average molecular weight is 313 g/mol. The SMILES string of the molecule is CC1CC(C)CN(CC(O)COc2cccc3ccccc23)C1. The van der Waals surface area contributed by atoms with Gasteiger partial charge in [-0.25, -0.2) is 0 Å². The first-order valence-corrected chi connectivity index (χ1v) is 8.63. The first-order valence-electron chi connectivity index (χ1n) is 8.63. The molecule has 1 fully saturated rings. The van der Waals surface area contributed by atoms with Crippen LogP contribution in [0.15, 0.2) is 42.5 Å². The highest BCUT2D eigenvalue weighted by Gasteiger charge is 2.23. The molecule has 1 aliphatic rings. The second-order valence-electron chi connectivity index (χ2n) is 7.11. The number of likely N-dealkylation sites (tertiary alicyclic amines) is 1. The van der Waals surface area contributed by atoms with E-state index >= 15 is 0 Å². The van der Waals surface area contributed by atoms with Crippen LogP contribution in [0.25, 0.3) is 10.8 Å². The maximum atomic E-state index is 10.3. The predicted octanol–water partition coefficient (Wildman–Crippen LogP) is 3.56. The second-order valence-corrected chi connectivity index (χ2v) is 7.11. The zero-order valence-corrected chi connectivity index (χ0v) is 14.1. The molecule has 3 heteroatoms. The molecule has 3 atom stereocenters. The van der Waals surface area contributed by atoms with E-state index in [1.54, 1.807) is 0 Å². The van der Waals surface area contributed by atoms with E-state index in [1.807, 2.05) is 24.3 Å². The molecule has 3 nitrogen and oxygen atoms in total. The van der Waals surface area contributed by atoms with Crippen LogP contribution in [0.2, 0.25) is 0 Å². The number of aliphatic hydroxyl groups is 1. The van der Waals surface area contributed by atoms with Crippen LogP contribution < -0.4 is 4.74 Å². The molecule has 0 bridgehead atoms. The molecule has 0 radical (unpaired) electrons. The Labute approximate surface area is 138 Å². The highest BCUT2D eigenvalue weighted by molar-refractivity contribution is 5.88. The molecule has 0 amide bonds. The minimum Gasteiger partial charge on any atom is -0.490 e. The van der Waals surface area contributed by atoms with Crippen LogP contribution in [0, 0.1) is 11.8 Å². The van der Waals surface area contributed by atoms with Gasteiger partial charge < -0.3 is 14.7 Å². The Hall–Kier alpha value is -1.58. The number of nitrogens with zero attached hydrogens (tertiary/aromatic N) is 1. The summed E-state index contributed by atoms with van der Waals surface area (Å²) < 4.78 is 5.90. The van der Waals surface area contributed by atoms with E-state index < -0.39 is 6.10 Å². The minimum absolute atomic E-state index is 0.341. The number of ether oxygens (including phenoxy) is 1. The van der Waals surface area contributed by atoms with Gasteiger partial charge >= 0.3 is 0 Å². The summed E-state index contributed by atoms with van der Waals surface area (Å²) in [5.41, 5.74) is 0. The Morgan fingerprint density at radius 1 is 1.09 bits per heavy atom. The van der Waals surface area contributed by atoms with Crippen LogP contribution in [0.3, 0.4) is 0 Å². The van der Waals surface area contributed by atoms with Gasteiger partial charge in [-0.05, 0) is 29.7 Å². The topological polar surface area (TPSA) is 32.7 Å². The third-order valence-electron chi connectivity index (χ3n) is 4.59. The quantitative estimate of drug-likeness (QED) is 0.916. The van der Waals surface area contributed by atoms with Crippen molar-refractivity contribution in [1.29, 1.82) is 0 Å². The Morgan fingerprint density at radius 2 is 1.78 bits per heavy atom. The molecule has 1 N–H and O–H groups in total. The maximum Gasteiger partial charge on any atom is 0.127 e. The average Bonchev–Trinajstić information content (AvgIpc) is 2.52. The summed E-state index contributed by atoms with van der Waals surface area (Å²) in [6.07, 6.45) is 0.838. The molecule has 0 saturated carbocycles. The number of hydrogen-bond acceptors (Lipinski definition) is 3. The zero-order chi connectivity index (χ0) is 16.2. The van der Waals surface area contributed by atoms with Crippen molar-refractivity contribution in [2.75, 3.05) is 26.2 Å². The highest BCUT2D eigenvalue weighted by Crippen LogP contribution is 2.25. The summed E-state index contributed by atoms with van der Waals surface area (Å²) >= 11 is 0. The normalized spacial score (nSPS) is 23.8. The smallest absolute Gasteiger partial charge is 0.127 e. The molecular weight excluding hydrogens is 286 g/mol. The Morgan fingerprint density at radius 3 is 2.57 bits per heavy atom. The molecule has 1 saturated heterocycles. The third kappa shape index (κ3) is 4.24. The van der Waals surface area contributed by atoms with Gasteiger partial charge in [0.15, 0.2) is 0 Å². The number of rotatable bonds is 5. The van der Waals surface area contributed by atoms with Crippen LogP contribution in [0.4, 0.5) is 0 Å². The molecule has 3 unspecified atom stereocenters. The molecule has 0 aromatic heterocycles. The lowest BCUT2D eigenvalue weighted by Crippen LogP contribution is -2.44. The molecule has 1 heterocycles. The van der Waals surface area contributed by atoms with Gasteiger partial charge in [-0.1, -0.05) is 50.2 Å². The Kier molecular flexibility index (Phi) is 5.19. The highest BCUT2D eigenvalue weighted by atomic mass is 16.5. The van der Waals surface area contributed by atoms with Gasteiger partial charge in [-0.2, -0.15) is 0 Å². The zero-order valence-electron chi connectivity index (χ0n) is 14.1. The van der Waals surface area contributed by atoms with Gasteiger partial charge in [0.2, 0.25) is 0 Å². The van der Waals surface area contributed by atoms with Crippen molar-refractivity contribution in [3.8, 4) is 5.75 Å². The third-order valence-corrected chi connectivity index (χ3v) is 4.59. The summed E-state index contributed by atoms with van der Waals surface area (Å²) in [6, 6.07) is 14.2. The number of piperidine rings is 1. The van der Waals surface area contributed by atoms with Gasteiger partial charge in [0.25, 0.3) is 0 Å². The lowest BCUT2D eigenvalue weighted by atomic mass is 9.92. The van der Waals surface area contributed by atoms with E-state index in [4.69, 9.17) is 4.74 Å². The number of hydrogen-bond donors (Lipinski definition) is 1. The standard InChI is InChI=1S/C20H27NO2/c1-15-10-16(2)12-21(11-15)13-18(22)14-23-20-9-5-7-17-6-3-4-8-19(17)20/h3-9,15-16,18,22H,10-14H2,1-2H3. The molecular formula is C20H27NO2.